The van der Waals surface area contributed by atoms with Crippen molar-refractivity contribution >= 4 is 29.5 Å². The smallest absolute Gasteiger partial charge is 0.410 e. The molecule has 4 heterocycles. The normalized spacial score (nSPS) is 19.5. The van der Waals surface area contributed by atoms with Gasteiger partial charge in [0.05, 0.1) is 5.69 Å². The van der Waals surface area contributed by atoms with E-state index in [9.17, 15) is 14.4 Å². The summed E-state index contributed by atoms with van der Waals surface area (Å²) in [5.74, 6) is 0.467. The average Bonchev–Trinajstić information content (AvgIpc) is 3.51. The van der Waals surface area contributed by atoms with Gasteiger partial charge in [-0.1, -0.05) is 37.3 Å². The number of pyridine rings is 1. The number of aryl methyl sites for hydroxylation is 1. The maximum absolute atomic E-state index is 14.0. The number of benzene rings is 1. The first-order valence-electron chi connectivity index (χ1n) is 16.9. The monoisotopic (exact) mass is 651 g/mol. The van der Waals surface area contributed by atoms with E-state index < -0.39 is 12.2 Å². The first-order valence-corrected chi connectivity index (χ1v) is 16.9. The Bertz CT molecular complexity index is 1760. The number of nitrogens with two attached hydrogens (primary N) is 1. The zero-order chi connectivity index (χ0) is 33.8. The molecule has 2 atom stereocenters. The molecular weight excluding hydrogens is 606 g/mol. The molecule has 252 valence electrons. The number of piperidine rings is 2. The van der Waals surface area contributed by atoms with Crippen LogP contribution in [0.5, 0.6) is 0 Å². The first-order chi connectivity index (χ1) is 23.2. The highest BCUT2D eigenvalue weighted by Gasteiger charge is 2.34. The SMILES string of the molecule is Cc1cc(CC(OC(=O)N2CCC(n3cc(C4=CC=CC(C)C4)[nH]c3=O)CC2)C(=O)N2CCC(c3ccccn3)CC2)cc(C=N)c1N. The number of allylic oxidation sites excluding steroid dienone is 4. The Kier molecular flexibility index (Phi) is 9.93. The van der Waals surface area contributed by atoms with Gasteiger partial charge < -0.3 is 30.7 Å². The van der Waals surface area contributed by atoms with Gasteiger partial charge in [0.15, 0.2) is 6.10 Å². The highest BCUT2D eigenvalue weighted by Crippen LogP contribution is 2.30. The highest BCUT2D eigenvalue weighted by molar-refractivity contribution is 5.87. The van der Waals surface area contributed by atoms with Crippen LogP contribution in [0.4, 0.5) is 10.5 Å². The number of aromatic amines is 1. The van der Waals surface area contributed by atoms with Crippen LogP contribution in [0.2, 0.25) is 0 Å². The standard InChI is InChI=1S/C37H45N7O4/c1-24-6-5-7-28(18-24)32-23-44(36(46)41-32)30-11-16-43(17-12-30)37(47)48-33(21-26-19-25(2)34(39)29(20-26)22-38)35(45)42-14-9-27(10-15-42)31-8-3-4-13-40-31/h3-8,13,19-20,22-24,27,30,33,38H,9-12,14-18,21,39H2,1-2H3,(H,41,46). The molecule has 6 rings (SSSR count). The van der Waals surface area contributed by atoms with Crippen molar-refractivity contribution < 1.29 is 14.3 Å². The number of carbonyl (C=O) groups excluding carboxylic acids is 2. The molecule has 2 fully saturated rings. The van der Waals surface area contributed by atoms with E-state index in [0.29, 0.717) is 56.2 Å². The fraction of sp³-hybridized carbons (Fsp3) is 0.432. The van der Waals surface area contributed by atoms with Crippen LogP contribution in [0.15, 0.2) is 65.7 Å². The van der Waals surface area contributed by atoms with E-state index in [2.05, 4.69) is 23.0 Å². The van der Waals surface area contributed by atoms with Gasteiger partial charge in [0.2, 0.25) is 0 Å². The summed E-state index contributed by atoms with van der Waals surface area (Å²) in [5, 5.41) is 7.79. The van der Waals surface area contributed by atoms with Crippen LogP contribution in [0, 0.1) is 18.3 Å². The molecule has 3 aromatic rings. The maximum atomic E-state index is 14.0. The topological polar surface area (TPSA) is 150 Å². The Hall–Kier alpha value is -4.93. The highest BCUT2D eigenvalue weighted by atomic mass is 16.6. The third kappa shape index (κ3) is 7.30. The number of hydrogen-bond acceptors (Lipinski definition) is 7. The quantitative estimate of drug-likeness (QED) is 0.224. The number of aromatic nitrogens is 3. The second-order valence-electron chi connectivity index (χ2n) is 13.3. The molecule has 0 bridgehead atoms. The van der Waals surface area contributed by atoms with Gasteiger partial charge in [0.25, 0.3) is 5.91 Å². The largest absolute Gasteiger partial charge is 0.436 e. The predicted molar refractivity (Wildman–Crippen MR) is 186 cm³/mol. The lowest BCUT2D eigenvalue weighted by Crippen LogP contribution is -2.48. The molecule has 0 radical (unpaired) electrons. The molecule has 48 heavy (non-hydrogen) atoms. The number of imidazole rings is 1. The van der Waals surface area contributed by atoms with Crippen LogP contribution >= 0.6 is 0 Å². The van der Waals surface area contributed by atoms with Crippen LogP contribution < -0.4 is 11.4 Å². The second kappa shape index (κ2) is 14.5. The molecule has 0 spiro atoms. The van der Waals surface area contributed by atoms with Crippen molar-refractivity contribution in [2.24, 2.45) is 5.92 Å². The summed E-state index contributed by atoms with van der Waals surface area (Å²) < 4.78 is 7.79. The van der Waals surface area contributed by atoms with Crippen LogP contribution in [-0.2, 0) is 16.0 Å². The van der Waals surface area contributed by atoms with Crippen LogP contribution in [0.1, 0.15) is 79.1 Å². The number of nitrogens with one attached hydrogen (secondary N) is 2. The van der Waals surface area contributed by atoms with Crippen molar-refractivity contribution in [2.45, 2.75) is 70.4 Å². The third-order valence-electron chi connectivity index (χ3n) is 9.97. The van der Waals surface area contributed by atoms with E-state index in [0.717, 1.165) is 47.4 Å². The Labute approximate surface area is 281 Å². The number of anilines is 1. The van der Waals surface area contributed by atoms with Gasteiger partial charge in [-0.2, -0.15) is 0 Å². The van der Waals surface area contributed by atoms with E-state index in [1.54, 1.807) is 26.6 Å². The van der Waals surface area contributed by atoms with Gasteiger partial charge >= 0.3 is 11.8 Å². The lowest BCUT2D eigenvalue weighted by atomic mass is 9.92. The van der Waals surface area contributed by atoms with Crippen molar-refractivity contribution in [2.75, 3.05) is 31.9 Å². The van der Waals surface area contributed by atoms with Gasteiger partial charge in [-0.15, -0.1) is 0 Å². The minimum absolute atomic E-state index is 0.0427. The lowest BCUT2D eigenvalue weighted by Gasteiger charge is -2.35. The van der Waals surface area contributed by atoms with Crippen molar-refractivity contribution in [3.8, 4) is 0 Å². The molecule has 3 aliphatic rings. The number of amides is 2. The fourth-order valence-corrected chi connectivity index (χ4v) is 7.16. The summed E-state index contributed by atoms with van der Waals surface area (Å²) in [6, 6.07) is 9.54. The molecule has 2 unspecified atom stereocenters. The fourth-order valence-electron chi connectivity index (χ4n) is 7.16. The number of likely N-dealkylation sites (tertiary alicyclic amines) is 2. The number of nitrogen functional groups attached to an aromatic ring is 1. The molecule has 4 N–H and O–H groups in total. The second-order valence-corrected chi connectivity index (χ2v) is 13.3. The van der Waals surface area contributed by atoms with E-state index in [1.807, 2.05) is 49.5 Å². The van der Waals surface area contributed by atoms with Gasteiger partial charge in [0.1, 0.15) is 0 Å². The van der Waals surface area contributed by atoms with E-state index >= 15 is 0 Å². The van der Waals surface area contributed by atoms with Gasteiger partial charge in [0, 0.05) is 80.1 Å². The number of hydrogen-bond donors (Lipinski definition) is 3. The average molecular weight is 652 g/mol. The molecule has 2 saturated heterocycles. The van der Waals surface area contributed by atoms with Crippen LogP contribution in [0.25, 0.3) is 5.57 Å². The van der Waals surface area contributed by atoms with Gasteiger partial charge in [-0.3, -0.25) is 14.3 Å². The Balaban J connectivity index is 1.13. The Morgan fingerprint density at radius 2 is 1.88 bits per heavy atom. The summed E-state index contributed by atoms with van der Waals surface area (Å²) in [6.07, 6.45) is 13.4. The summed E-state index contributed by atoms with van der Waals surface area (Å²) in [7, 11) is 0. The molecule has 1 aromatic carbocycles. The zero-order valence-corrected chi connectivity index (χ0v) is 27.7. The Morgan fingerprint density at radius 1 is 1.12 bits per heavy atom. The van der Waals surface area contributed by atoms with Crippen LogP contribution in [-0.4, -0.2) is 74.8 Å². The lowest BCUT2D eigenvalue weighted by molar-refractivity contribution is -0.142. The third-order valence-corrected chi connectivity index (χ3v) is 9.97. The summed E-state index contributed by atoms with van der Waals surface area (Å²) in [5.41, 5.74) is 11.7. The molecule has 2 amide bonds. The van der Waals surface area contributed by atoms with E-state index in [-0.39, 0.29) is 30.0 Å². The van der Waals surface area contributed by atoms with Crippen molar-refractivity contribution in [3.63, 3.8) is 0 Å². The van der Waals surface area contributed by atoms with E-state index in [4.69, 9.17) is 15.9 Å². The molecule has 2 aromatic heterocycles. The van der Waals surface area contributed by atoms with E-state index in [1.165, 1.54) is 6.21 Å². The van der Waals surface area contributed by atoms with Crippen LogP contribution in [0.3, 0.4) is 0 Å². The minimum Gasteiger partial charge on any atom is -0.436 e. The van der Waals surface area contributed by atoms with Crippen molar-refractivity contribution in [3.05, 3.63) is 99.5 Å². The number of nitrogens with zero attached hydrogens (tertiary/aromatic N) is 4. The number of ether oxygens (including phenoxy) is 1. The van der Waals surface area contributed by atoms with Crippen molar-refractivity contribution in [1.82, 2.24) is 24.3 Å². The summed E-state index contributed by atoms with van der Waals surface area (Å²) >= 11 is 0. The summed E-state index contributed by atoms with van der Waals surface area (Å²) in [6.45, 7) is 5.94. The van der Waals surface area contributed by atoms with Gasteiger partial charge in [-0.05, 0) is 79.8 Å². The molecular formula is C37H45N7O4. The molecule has 0 saturated carbocycles. The minimum atomic E-state index is -1.03. The number of H-pyrrole nitrogens is 1. The Morgan fingerprint density at radius 3 is 2.56 bits per heavy atom. The number of rotatable bonds is 8. The van der Waals surface area contributed by atoms with Crippen molar-refractivity contribution in [1.29, 1.82) is 5.41 Å². The molecule has 2 aliphatic heterocycles. The zero-order valence-electron chi connectivity index (χ0n) is 27.7. The molecule has 1 aliphatic carbocycles. The maximum Gasteiger partial charge on any atom is 0.410 e. The first kappa shape index (κ1) is 33.0. The molecule has 11 nitrogen and oxygen atoms in total. The predicted octanol–water partition coefficient (Wildman–Crippen LogP) is 5.23. The molecule has 11 heteroatoms. The number of carbonyl (C=O) groups is 2. The summed E-state index contributed by atoms with van der Waals surface area (Å²) in [4.78, 5) is 51.4. The van der Waals surface area contributed by atoms with Gasteiger partial charge in [-0.25, -0.2) is 9.59 Å².